The van der Waals surface area contributed by atoms with E-state index in [1.54, 1.807) is 0 Å². The summed E-state index contributed by atoms with van der Waals surface area (Å²) in [5, 5.41) is 17.4. The topological polar surface area (TPSA) is 40.5 Å². The van der Waals surface area contributed by atoms with Crippen molar-refractivity contribution >= 4 is 17.8 Å². The van der Waals surface area contributed by atoms with Crippen molar-refractivity contribution < 1.29 is 10.2 Å². The predicted octanol–water partition coefficient (Wildman–Crippen LogP) is 0.775. The Hall–Kier alpha value is 0.570. The van der Waals surface area contributed by atoms with Crippen LogP contribution in [0.5, 0.6) is 0 Å². The number of hydrogen-bond acceptors (Lipinski definition) is 3. The minimum Gasteiger partial charge on any atom is -0.391 e. The van der Waals surface area contributed by atoms with E-state index in [1.807, 2.05) is 6.92 Å². The van der Waals surface area contributed by atoms with Gasteiger partial charge in [0, 0.05) is 6.04 Å². The van der Waals surface area contributed by atoms with E-state index in [4.69, 9.17) is 22.0 Å². The first kappa shape index (κ1) is 9.57. The van der Waals surface area contributed by atoms with Gasteiger partial charge in [0.25, 0.3) is 0 Å². The molecule has 0 fully saturated rings. The maximum Gasteiger partial charge on any atom is 0.0738 e. The maximum absolute atomic E-state index is 8.70. The monoisotopic (exact) mass is 168 g/mol. The molecule has 4 heteroatoms. The SMILES string of the molecule is CCCP(=S)(CO)CO. The van der Waals surface area contributed by atoms with Gasteiger partial charge in [0.1, 0.15) is 0 Å². The molecular formula is C5H13O2PS. The zero-order chi connectivity index (χ0) is 7.33. The Balaban J connectivity index is 3.78. The molecule has 56 valence electrons. The molecule has 0 aromatic carbocycles. The second-order valence-electron chi connectivity index (χ2n) is 2.06. The molecule has 0 saturated carbocycles. The normalized spacial score (nSPS) is 11.9. The Kier molecular flexibility index (Phi) is 4.67. The largest absolute Gasteiger partial charge is 0.391 e. The molecule has 0 aliphatic rings. The number of hydrogen-bond donors (Lipinski definition) is 2. The lowest BCUT2D eigenvalue weighted by Gasteiger charge is -2.13. The van der Waals surface area contributed by atoms with Crippen LogP contribution in [-0.4, -0.2) is 29.1 Å². The number of aliphatic hydroxyl groups is 2. The minimum atomic E-state index is -1.74. The Labute approximate surface area is 60.9 Å². The highest BCUT2D eigenvalue weighted by molar-refractivity contribution is 8.14. The number of rotatable bonds is 4. The van der Waals surface area contributed by atoms with Gasteiger partial charge in [-0.2, -0.15) is 0 Å². The molecule has 0 aliphatic heterocycles. The van der Waals surface area contributed by atoms with E-state index in [0.717, 1.165) is 12.6 Å². The summed E-state index contributed by atoms with van der Waals surface area (Å²) in [5.41, 5.74) is 0. The first-order chi connectivity index (χ1) is 4.18. The van der Waals surface area contributed by atoms with Crippen molar-refractivity contribution in [2.45, 2.75) is 13.3 Å². The summed E-state index contributed by atoms with van der Waals surface area (Å²) in [6.07, 6.45) is 1.78. The van der Waals surface area contributed by atoms with Gasteiger partial charge in [-0.15, -0.1) is 0 Å². The average Bonchev–Trinajstić information content (AvgIpc) is 1.89. The fourth-order valence-electron chi connectivity index (χ4n) is 0.594. The van der Waals surface area contributed by atoms with E-state index in [2.05, 4.69) is 0 Å². The second kappa shape index (κ2) is 4.40. The van der Waals surface area contributed by atoms with Crippen LogP contribution in [0.3, 0.4) is 0 Å². The molecule has 0 amide bonds. The van der Waals surface area contributed by atoms with E-state index in [-0.39, 0.29) is 12.7 Å². The fraction of sp³-hybridized carbons (Fsp3) is 1.00. The van der Waals surface area contributed by atoms with Crippen LogP contribution in [-0.2, 0) is 11.8 Å². The van der Waals surface area contributed by atoms with Crippen LogP contribution in [0.15, 0.2) is 0 Å². The van der Waals surface area contributed by atoms with E-state index in [9.17, 15) is 0 Å². The van der Waals surface area contributed by atoms with Crippen LogP contribution in [0.25, 0.3) is 0 Å². The molecule has 0 aromatic rings. The standard InChI is InChI=1S/C5H13O2PS/c1-2-3-8(9,4-6)5-7/h6-7H,2-5H2,1H3. The third-order valence-electron chi connectivity index (χ3n) is 1.15. The average molecular weight is 168 g/mol. The summed E-state index contributed by atoms with van der Waals surface area (Å²) in [4.78, 5) is 0. The molecule has 0 rings (SSSR count). The van der Waals surface area contributed by atoms with Gasteiger partial charge in [0.2, 0.25) is 0 Å². The van der Waals surface area contributed by atoms with Crippen LogP contribution in [0.4, 0.5) is 0 Å². The third-order valence-corrected chi connectivity index (χ3v) is 4.68. The first-order valence-corrected chi connectivity index (χ1v) is 6.33. The van der Waals surface area contributed by atoms with Gasteiger partial charge >= 0.3 is 0 Å². The van der Waals surface area contributed by atoms with Crippen molar-refractivity contribution in [1.82, 2.24) is 0 Å². The molecule has 0 bridgehead atoms. The van der Waals surface area contributed by atoms with Crippen LogP contribution < -0.4 is 0 Å². The molecule has 0 heterocycles. The lowest BCUT2D eigenvalue weighted by atomic mass is 10.6. The summed E-state index contributed by atoms with van der Waals surface area (Å²) in [5.74, 6) is 0. The molecule has 0 radical (unpaired) electrons. The Morgan fingerprint density at radius 2 is 1.78 bits per heavy atom. The molecule has 2 N–H and O–H groups in total. The summed E-state index contributed by atoms with van der Waals surface area (Å²) < 4.78 is 0. The Morgan fingerprint density at radius 1 is 1.33 bits per heavy atom. The van der Waals surface area contributed by atoms with Gasteiger partial charge < -0.3 is 10.2 Å². The smallest absolute Gasteiger partial charge is 0.0738 e. The van der Waals surface area contributed by atoms with E-state index >= 15 is 0 Å². The van der Waals surface area contributed by atoms with Crippen LogP contribution >= 0.6 is 6.04 Å². The quantitative estimate of drug-likeness (QED) is 0.609. The van der Waals surface area contributed by atoms with Crippen molar-refractivity contribution in [2.75, 3.05) is 18.9 Å². The minimum absolute atomic E-state index is 0.00662. The molecular weight excluding hydrogens is 155 g/mol. The van der Waals surface area contributed by atoms with Crippen LogP contribution in [0.1, 0.15) is 13.3 Å². The van der Waals surface area contributed by atoms with Gasteiger partial charge in [-0.25, -0.2) is 0 Å². The molecule has 0 unspecified atom stereocenters. The molecule has 0 saturated heterocycles. The van der Waals surface area contributed by atoms with E-state index in [1.165, 1.54) is 0 Å². The third kappa shape index (κ3) is 3.31. The first-order valence-electron chi connectivity index (χ1n) is 2.97. The van der Waals surface area contributed by atoms with E-state index in [0.29, 0.717) is 0 Å². The summed E-state index contributed by atoms with van der Waals surface area (Å²) in [6, 6.07) is -1.74. The molecule has 9 heavy (non-hydrogen) atoms. The highest BCUT2D eigenvalue weighted by Gasteiger charge is 2.11. The fourth-order valence-corrected chi connectivity index (χ4v) is 2.33. The van der Waals surface area contributed by atoms with Crippen molar-refractivity contribution in [3.05, 3.63) is 0 Å². The highest BCUT2D eigenvalue weighted by atomic mass is 32.4. The second-order valence-corrected chi connectivity index (χ2v) is 7.52. The van der Waals surface area contributed by atoms with Crippen molar-refractivity contribution in [2.24, 2.45) is 0 Å². The van der Waals surface area contributed by atoms with Gasteiger partial charge in [-0.1, -0.05) is 25.2 Å². The zero-order valence-corrected chi connectivity index (χ0v) is 7.29. The predicted molar refractivity (Wildman–Crippen MR) is 43.6 cm³/mol. The number of aliphatic hydroxyl groups excluding tert-OH is 2. The summed E-state index contributed by atoms with van der Waals surface area (Å²) in [6.45, 7) is 2.01. The lowest BCUT2D eigenvalue weighted by Crippen LogP contribution is -1.97. The van der Waals surface area contributed by atoms with Crippen molar-refractivity contribution in [3.63, 3.8) is 0 Å². The van der Waals surface area contributed by atoms with Gasteiger partial charge in [0.05, 0.1) is 12.7 Å². The van der Waals surface area contributed by atoms with Crippen molar-refractivity contribution in [3.8, 4) is 0 Å². The lowest BCUT2D eigenvalue weighted by molar-refractivity contribution is 0.342. The Bertz CT molecular complexity index is 108. The zero-order valence-electron chi connectivity index (χ0n) is 5.58. The molecule has 0 aromatic heterocycles. The molecule has 0 atom stereocenters. The van der Waals surface area contributed by atoms with Crippen molar-refractivity contribution in [1.29, 1.82) is 0 Å². The van der Waals surface area contributed by atoms with Gasteiger partial charge in [-0.05, 0) is 6.16 Å². The maximum atomic E-state index is 8.70. The highest BCUT2D eigenvalue weighted by Crippen LogP contribution is 2.43. The van der Waals surface area contributed by atoms with Crippen LogP contribution in [0, 0.1) is 0 Å². The Morgan fingerprint density at radius 3 is 1.89 bits per heavy atom. The summed E-state index contributed by atoms with van der Waals surface area (Å²) >= 11 is 5.01. The van der Waals surface area contributed by atoms with Gasteiger partial charge in [0.15, 0.2) is 0 Å². The summed E-state index contributed by atoms with van der Waals surface area (Å²) in [7, 11) is 0. The van der Waals surface area contributed by atoms with Gasteiger partial charge in [-0.3, -0.25) is 0 Å². The molecule has 2 nitrogen and oxygen atoms in total. The molecule has 0 spiro atoms. The van der Waals surface area contributed by atoms with E-state index < -0.39 is 6.04 Å². The molecule has 0 aliphatic carbocycles. The van der Waals surface area contributed by atoms with Crippen LogP contribution in [0.2, 0.25) is 0 Å².